The quantitative estimate of drug-likeness (QED) is 0.767. The van der Waals surface area contributed by atoms with Crippen LogP contribution in [0.15, 0.2) is 12.1 Å². The van der Waals surface area contributed by atoms with Gasteiger partial charge in [-0.1, -0.05) is 31.4 Å². The van der Waals surface area contributed by atoms with Gasteiger partial charge in [0, 0.05) is 18.1 Å². The van der Waals surface area contributed by atoms with Crippen molar-refractivity contribution in [3.05, 3.63) is 41.3 Å². The summed E-state index contributed by atoms with van der Waals surface area (Å²) in [6.45, 7) is 8.01. The number of nitrogens with one attached hydrogen (secondary N) is 3. The summed E-state index contributed by atoms with van der Waals surface area (Å²) in [5, 5.41) is 11.3. The molecule has 3 unspecified atom stereocenters. The van der Waals surface area contributed by atoms with E-state index in [0.29, 0.717) is 18.1 Å². The second-order valence-corrected chi connectivity index (χ2v) is 8.19. The summed E-state index contributed by atoms with van der Waals surface area (Å²) >= 11 is 0. The minimum Gasteiger partial charge on any atom is -0.310 e. The van der Waals surface area contributed by atoms with Gasteiger partial charge in [-0.2, -0.15) is 0 Å². The Morgan fingerprint density at radius 3 is 1.48 bits per heavy atom. The van der Waals surface area contributed by atoms with Crippen molar-refractivity contribution in [2.45, 2.75) is 75.9 Å². The summed E-state index contributed by atoms with van der Waals surface area (Å²) in [7, 11) is 0. The molecule has 0 spiro atoms. The van der Waals surface area contributed by atoms with E-state index in [4.69, 9.17) is 0 Å². The van der Waals surface area contributed by atoms with Gasteiger partial charge in [-0.15, -0.1) is 0 Å². The first-order valence-electron chi connectivity index (χ1n) is 10.5. The summed E-state index contributed by atoms with van der Waals surface area (Å²) in [5.41, 5.74) is 5.72. The second-order valence-electron chi connectivity index (χ2n) is 8.19. The predicted molar refractivity (Wildman–Crippen MR) is 105 cm³/mol. The van der Waals surface area contributed by atoms with Crippen LogP contribution >= 0.6 is 0 Å². The van der Waals surface area contributed by atoms with Crippen molar-refractivity contribution >= 4 is 0 Å². The zero-order chi connectivity index (χ0) is 17.1. The lowest BCUT2D eigenvalue weighted by molar-refractivity contribution is 0.394. The average Bonchev–Trinajstić information content (AvgIpc) is 2.70. The summed E-state index contributed by atoms with van der Waals surface area (Å²) in [5.74, 6) is 0. The van der Waals surface area contributed by atoms with Crippen molar-refractivity contribution in [3.8, 4) is 0 Å². The highest BCUT2D eigenvalue weighted by Gasteiger charge is 2.25. The second kappa shape index (κ2) is 8.20. The van der Waals surface area contributed by atoms with Crippen LogP contribution in [0.3, 0.4) is 0 Å². The van der Waals surface area contributed by atoms with Gasteiger partial charge in [0.15, 0.2) is 0 Å². The zero-order valence-corrected chi connectivity index (χ0v) is 15.6. The van der Waals surface area contributed by atoms with E-state index in [1.807, 2.05) is 0 Å². The topological polar surface area (TPSA) is 36.1 Å². The fourth-order valence-corrected chi connectivity index (χ4v) is 4.94. The van der Waals surface area contributed by atoms with Crippen LogP contribution in [-0.4, -0.2) is 19.6 Å². The lowest BCUT2D eigenvalue weighted by Crippen LogP contribution is -2.31. The van der Waals surface area contributed by atoms with Crippen molar-refractivity contribution in [2.75, 3.05) is 19.6 Å². The molecule has 0 aromatic heterocycles. The number of rotatable bonds is 3. The number of benzene rings is 1. The Morgan fingerprint density at radius 1 is 0.640 bits per heavy atom. The summed E-state index contributed by atoms with van der Waals surface area (Å²) in [6.07, 6.45) is 11.7. The first kappa shape index (κ1) is 17.5. The molecule has 3 fully saturated rings. The fraction of sp³-hybridized carbons (Fsp3) is 0.682. The highest BCUT2D eigenvalue weighted by Crippen LogP contribution is 2.36. The van der Waals surface area contributed by atoms with Gasteiger partial charge in [0.05, 0.1) is 0 Å². The van der Waals surface area contributed by atoms with Crippen LogP contribution in [0.4, 0.5) is 0 Å². The fourth-order valence-electron chi connectivity index (χ4n) is 4.94. The number of hydrogen-bond donors (Lipinski definition) is 3. The number of hydrogen-bond acceptors (Lipinski definition) is 3. The summed E-state index contributed by atoms with van der Waals surface area (Å²) < 4.78 is 0. The molecule has 4 rings (SSSR count). The lowest BCUT2D eigenvalue weighted by atomic mass is 9.83. The van der Waals surface area contributed by atoms with E-state index in [0.717, 1.165) is 19.6 Å². The average molecular weight is 341 g/mol. The molecule has 3 aliphatic rings. The lowest BCUT2D eigenvalue weighted by Gasteiger charge is -2.32. The molecule has 3 atom stereocenters. The van der Waals surface area contributed by atoms with E-state index in [-0.39, 0.29) is 0 Å². The van der Waals surface area contributed by atoms with Gasteiger partial charge in [0.25, 0.3) is 0 Å². The van der Waals surface area contributed by atoms with E-state index < -0.39 is 0 Å². The molecule has 0 aliphatic carbocycles. The van der Waals surface area contributed by atoms with E-state index in [2.05, 4.69) is 35.0 Å². The van der Waals surface area contributed by atoms with Crippen LogP contribution in [0.25, 0.3) is 0 Å². The third-order valence-corrected chi connectivity index (χ3v) is 6.43. The van der Waals surface area contributed by atoms with Crippen LogP contribution in [-0.2, 0) is 0 Å². The van der Waals surface area contributed by atoms with Crippen LogP contribution in [0.2, 0.25) is 0 Å². The minimum atomic E-state index is 0.493. The number of piperidine rings is 3. The Morgan fingerprint density at radius 2 is 1.08 bits per heavy atom. The van der Waals surface area contributed by atoms with Gasteiger partial charge >= 0.3 is 0 Å². The molecule has 0 amide bonds. The van der Waals surface area contributed by atoms with Crippen molar-refractivity contribution in [3.63, 3.8) is 0 Å². The van der Waals surface area contributed by atoms with E-state index in [9.17, 15) is 0 Å². The van der Waals surface area contributed by atoms with Crippen LogP contribution in [0.1, 0.15) is 98.2 Å². The Labute approximate surface area is 153 Å². The maximum Gasteiger partial charge on any atom is 0.0323 e. The molecule has 3 N–H and O–H groups in total. The van der Waals surface area contributed by atoms with Crippen LogP contribution in [0.5, 0.6) is 0 Å². The molecule has 25 heavy (non-hydrogen) atoms. The Kier molecular flexibility index (Phi) is 5.74. The van der Waals surface area contributed by atoms with Gasteiger partial charge in [-0.05, 0) is 87.3 Å². The molecule has 1 radical (unpaired) electrons. The van der Waals surface area contributed by atoms with E-state index in [1.165, 1.54) is 80.0 Å². The SMILES string of the molecule is [CH2]c1c(C2CCCCN2)cc(C2CCCCN2)cc1C1CCCCN1. The van der Waals surface area contributed by atoms with Gasteiger partial charge in [0.2, 0.25) is 0 Å². The van der Waals surface area contributed by atoms with Crippen LogP contribution < -0.4 is 16.0 Å². The molecule has 137 valence electrons. The maximum atomic E-state index is 4.56. The smallest absolute Gasteiger partial charge is 0.0323 e. The molecular weight excluding hydrogens is 306 g/mol. The first-order chi connectivity index (χ1) is 12.3. The maximum absolute atomic E-state index is 4.56. The highest BCUT2D eigenvalue weighted by molar-refractivity contribution is 5.46. The molecular formula is C22H34N3. The molecule has 1 aromatic carbocycles. The summed E-state index contributed by atoms with van der Waals surface area (Å²) in [6, 6.07) is 6.46. The van der Waals surface area contributed by atoms with Gasteiger partial charge in [0.1, 0.15) is 0 Å². The molecule has 3 heteroatoms. The molecule has 0 saturated carbocycles. The van der Waals surface area contributed by atoms with Crippen molar-refractivity contribution in [1.82, 2.24) is 16.0 Å². The molecule has 3 aliphatic heterocycles. The monoisotopic (exact) mass is 340 g/mol. The molecule has 0 bridgehead atoms. The van der Waals surface area contributed by atoms with E-state index >= 15 is 0 Å². The Balaban J connectivity index is 1.70. The van der Waals surface area contributed by atoms with E-state index in [1.54, 1.807) is 0 Å². The Hall–Kier alpha value is -0.900. The van der Waals surface area contributed by atoms with Crippen molar-refractivity contribution < 1.29 is 0 Å². The molecule has 3 saturated heterocycles. The highest BCUT2D eigenvalue weighted by atomic mass is 14.9. The third-order valence-electron chi connectivity index (χ3n) is 6.43. The normalized spacial score (nSPS) is 31.0. The predicted octanol–water partition coefficient (Wildman–Crippen LogP) is 4.31. The van der Waals surface area contributed by atoms with Crippen LogP contribution in [0, 0.1) is 6.92 Å². The summed E-state index contributed by atoms with van der Waals surface area (Å²) in [4.78, 5) is 0. The van der Waals surface area contributed by atoms with Crippen molar-refractivity contribution in [2.24, 2.45) is 0 Å². The molecule has 1 aromatic rings. The largest absolute Gasteiger partial charge is 0.310 e. The van der Waals surface area contributed by atoms with Gasteiger partial charge in [-0.25, -0.2) is 0 Å². The minimum absolute atomic E-state index is 0.493. The Bertz CT molecular complexity index is 526. The standard InChI is InChI=1S/C22H34N3/c1-16-18(21-9-3-6-12-24-21)14-17(20-8-2-5-11-23-20)15-19(16)22-10-4-7-13-25-22/h14-15,20-25H,1-13H2. The first-order valence-corrected chi connectivity index (χ1v) is 10.5. The third kappa shape index (κ3) is 3.94. The van der Waals surface area contributed by atoms with Crippen molar-refractivity contribution in [1.29, 1.82) is 0 Å². The van der Waals surface area contributed by atoms with Gasteiger partial charge < -0.3 is 16.0 Å². The van der Waals surface area contributed by atoms with Gasteiger partial charge in [-0.3, -0.25) is 0 Å². The molecule has 3 heterocycles. The zero-order valence-electron chi connectivity index (χ0n) is 15.6. The molecule has 3 nitrogen and oxygen atoms in total.